The van der Waals surface area contributed by atoms with Crippen molar-refractivity contribution in [3.63, 3.8) is 0 Å². The van der Waals surface area contributed by atoms with Crippen LogP contribution in [0, 0.1) is 0 Å². The number of hydrogen-bond donors (Lipinski definition) is 0. The van der Waals surface area contributed by atoms with Crippen molar-refractivity contribution in [2.45, 2.75) is 31.5 Å². The highest BCUT2D eigenvalue weighted by atomic mass is 16.5. The molecule has 1 atom stereocenters. The number of ether oxygens (including phenoxy) is 1. The van der Waals surface area contributed by atoms with Crippen LogP contribution in [0.2, 0.25) is 0 Å². The van der Waals surface area contributed by atoms with Gasteiger partial charge >= 0.3 is 0 Å². The number of likely N-dealkylation sites (N-methyl/N-ethyl adjacent to an activating group) is 1. The summed E-state index contributed by atoms with van der Waals surface area (Å²) >= 11 is 0. The van der Waals surface area contributed by atoms with E-state index in [1.807, 2.05) is 11.8 Å². The third-order valence-electron chi connectivity index (χ3n) is 5.67. The van der Waals surface area contributed by atoms with E-state index in [1.54, 1.807) is 4.90 Å². The van der Waals surface area contributed by atoms with Gasteiger partial charge in [0.2, 0.25) is 5.91 Å². The fraction of sp³-hybridized carbons (Fsp3) is 0.647. The fourth-order valence-electron chi connectivity index (χ4n) is 4.51. The summed E-state index contributed by atoms with van der Waals surface area (Å²) in [5.74, 6) is 0.0234. The third-order valence-corrected chi connectivity index (χ3v) is 5.67. The van der Waals surface area contributed by atoms with Crippen molar-refractivity contribution >= 4 is 11.8 Å². The topological polar surface area (TPSA) is 78.9 Å². The van der Waals surface area contributed by atoms with Crippen molar-refractivity contribution < 1.29 is 14.3 Å². The highest BCUT2D eigenvalue weighted by molar-refractivity contribution is 5.94. The van der Waals surface area contributed by atoms with Crippen LogP contribution in [0.3, 0.4) is 0 Å². The molecule has 0 aliphatic carbocycles. The molecule has 4 heterocycles. The summed E-state index contributed by atoms with van der Waals surface area (Å²) in [5, 5.41) is 0. The minimum Gasteiger partial charge on any atom is -0.381 e. The first-order chi connectivity index (χ1) is 12.2. The predicted molar refractivity (Wildman–Crippen MR) is 88.6 cm³/mol. The molecule has 0 aromatic carbocycles. The molecule has 0 N–H and O–H groups in total. The average molecular weight is 345 g/mol. The van der Waals surface area contributed by atoms with Gasteiger partial charge in [0.1, 0.15) is 18.0 Å². The number of fused-ring (bicyclic) bond motifs is 2. The van der Waals surface area contributed by atoms with Gasteiger partial charge in [-0.1, -0.05) is 0 Å². The Bertz CT molecular complexity index is 662. The number of carbonyl (C=O) groups excluding carboxylic acids is 2. The molecule has 0 saturated carbocycles. The van der Waals surface area contributed by atoms with E-state index in [0.29, 0.717) is 45.0 Å². The summed E-state index contributed by atoms with van der Waals surface area (Å²) < 4.78 is 5.54. The van der Waals surface area contributed by atoms with Crippen LogP contribution >= 0.6 is 0 Å². The lowest BCUT2D eigenvalue weighted by molar-refractivity contribution is -0.135. The minimum absolute atomic E-state index is 0.107. The molecule has 3 aliphatic rings. The number of hydrogen-bond acceptors (Lipinski definition) is 6. The first-order valence-corrected chi connectivity index (χ1v) is 8.87. The largest absolute Gasteiger partial charge is 0.381 e. The highest BCUT2D eigenvalue weighted by Crippen LogP contribution is 2.41. The number of amides is 2. The molecule has 25 heavy (non-hydrogen) atoms. The Morgan fingerprint density at radius 3 is 2.68 bits per heavy atom. The summed E-state index contributed by atoms with van der Waals surface area (Å²) in [7, 11) is 0. The van der Waals surface area contributed by atoms with Crippen molar-refractivity contribution in [3.8, 4) is 0 Å². The van der Waals surface area contributed by atoms with Gasteiger partial charge in [-0.05, 0) is 6.92 Å². The second-order valence-electron chi connectivity index (χ2n) is 6.76. The number of carbonyl (C=O) groups is 2. The smallest absolute Gasteiger partial charge is 0.257 e. The molecule has 134 valence electrons. The van der Waals surface area contributed by atoms with Crippen LogP contribution in [0.5, 0.6) is 0 Å². The average Bonchev–Trinajstić information content (AvgIpc) is 2.89. The van der Waals surface area contributed by atoms with Gasteiger partial charge in [-0.3, -0.25) is 14.5 Å². The molecule has 0 unspecified atom stereocenters. The van der Waals surface area contributed by atoms with Crippen LogP contribution in [0.15, 0.2) is 18.7 Å². The van der Waals surface area contributed by atoms with Crippen LogP contribution in [-0.4, -0.2) is 87.6 Å². The maximum absolute atomic E-state index is 13.0. The molecule has 2 amide bonds. The summed E-state index contributed by atoms with van der Waals surface area (Å²) in [6.45, 7) is 5.80. The lowest BCUT2D eigenvalue weighted by atomic mass is 9.96. The number of piperazine rings is 1. The quantitative estimate of drug-likeness (QED) is 0.749. The van der Waals surface area contributed by atoms with E-state index in [0.717, 1.165) is 12.8 Å². The van der Waals surface area contributed by atoms with Gasteiger partial charge in [0.15, 0.2) is 0 Å². The van der Waals surface area contributed by atoms with E-state index in [1.165, 1.54) is 18.7 Å². The Morgan fingerprint density at radius 2 is 2.00 bits per heavy atom. The number of nitrogens with zero attached hydrogens (tertiary/aromatic N) is 5. The van der Waals surface area contributed by atoms with Crippen LogP contribution in [0.4, 0.5) is 0 Å². The molecule has 3 fully saturated rings. The van der Waals surface area contributed by atoms with Crippen LogP contribution in [-0.2, 0) is 9.53 Å². The molecule has 4 rings (SSSR count). The maximum atomic E-state index is 13.0. The predicted octanol–water partition coefficient (Wildman–Crippen LogP) is -0.0282. The van der Waals surface area contributed by atoms with E-state index < -0.39 is 0 Å². The van der Waals surface area contributed by atoms with Gasteiger partial charge in [0.05, 0.1) is 18.8 Å². The Kier molecular flexibility index (Phi) is 4.16. The molecule has 8 nitrogen and oxygen atoms in total. The van der Waals surface area contributed by atoms with Crippen molar-refractivity contribution in [3.05, 3.63) is 24.3 Å². The third kappa shape index (κ3) is 2.51. The van der Waals surface area contributed by atoms with E-state index >= 15 is 0 Å². The van der Waals surface area contributed by atoms with E-state index in [2.05, 4.69) is 14.9 Å². The fourth-order valence-corrected chi connectivity index (χ4v) is 4.51. The van der Waals surface area contributed by atoms with Crippen molar-refractivity contribution in [1.82, 2.24) is 24.7 Å². The summed E-state index contributed by atoms with van der Waals surface area (Å²) in [5.41, 5.74) is 0.231. The number of aromatic nitrogens is 2. The van der Waals surface area contributed by atoms with Gasteiger partial charge in [0.25, 0.3) is 5.91 Å². The normalized spacial score (nSPS) is 26.1. The van der Waals surface area contributed by atoms with Crippen molar-refractivity contribution in [2.75, 3.05) is 39.4 Å². The Balaban J connectivity index is 1.57. The lowest BCUT2D eigenvalue weighted by Crippen LogP contribution is -2.62. The first kappa shape index (κ1) is 16.4. The lowest BCUT2D eigenvalue weighted by Gasteiger charge is -2.48. The summed E-state index contributed by atoms with van der Waals surface area (Å²) in [4.78, 5) is 39.6. The first-order valence-electron chi connectivity index (χ1n) is 8.87. The van der Waals surface area contributed by atoms with Gasteiger partial charge in [-0.2, -0.15) is 0 Å². The molecule has 3 aliphatic heterocycles. The summed E-state index contributed by atoms with van der Waals surface area (Å²) in [6.07, 6.45) is 6.13. The zero-order chi connectivity index (χ0) is 17.4. The van der Waals surface area contributed by atoms with Crippen LogP contribution < -0.4 is 0 Å². The van der Waals surface area contributed by atoms with Crippen LogP contribution in [0.25, 0.3) is 0 Å². The molecule has 8 heteroatoms. The van der Waals surface area contributed by atoms with Crippen molar-refractivity contribution in [1.29, 1.82) is 0 Å². The van der Waals surface area contributed by atoms with E-state index in [-0.39, 0.29) is 23.5 Å². The van der Waals surface area contributed by atoms with Gasteiger partial charge < -0.3 is 14.5 Å². The second-order valence-corrected chi connectivity index (χ2v) is 6.76. The maximum Gasteiger partial charge on any atom is 0.257 e. The second kappa shape index (κ2) is 6.34. The minimum atomic E-state index is -0.264. The molecule has 1 aromatic rings. The zero-order valence-corrected chi connectivity index (χ0v) is 14.4. The summed E-state index contributed by atoms with van der Waals surface area (Å²) in [6, 6.07) is -0.264. The Labute approximate surface area is 146 Å². The SMILES string of the molecule is CCN1C(=O)[C@H]2CN(C(=O)c3cncnc3)CCN2C12CCOCC2. The standard InChI is InChI=1S/C17H23N5O3/c1-2-21-16(24)14-11-20(15(23)13-9-18-12-19-10-13)5-6-22(14)17(21)3-7-25-8-4-17/h9-10,12,14H,2-8,11H2,1H3/t14-/m1/s1. The number of rotatable bonds is 2. The highest BCUT2D eigenvalue weighted by Gasteiger charge is 2.57. The van der Waals surface area contributed by atoms with Gasteiger partial charge in [-0.15, -0.1) is 0 Å². The van der Waals surface area contributed by atoms with Gasteiger partial charge in [-0.25, -0.2) is 9.97 Å². The molecule has 1 aromatic heterocycles. The monoisotopic (exact) mass is 345 g/mol. The molecule has 1 spiro atoms. The molecule has 3 saturated heterocycles. The van der Waals surface area contributed by atoms with E-state index in [9.17, 15) is 9.59 Å². The Morgan fingerprint density at radius 1 is 1.28 bits per heavy atom. The van der Waals surface area contributed by atoms with Crippen molar-refractivity contribution in [2.24, 2.45) is 0 Å². The zero-order valence-electron chi connectivity index (χ0n) is 14.4. The molecule has 0 radical (unpaired) electrons. The molecule has 0 bridgehead atoms. The van der Waals surface area contributed by atoms with Crippen LogP contribution in [0.1, 0.15) is 30.1 Å². The molecular formula is C17H23N5O3. The van der Waals surface area contributed by atoms with Gasteiger partial charge in [0, 0.05) is 51.4 Å². The van der Waals surface area contributed by atoms with E-state index in [4.69, 9.17) is 4.74 Å². The molecular weight excluding hydrogens is 322 g/mol. The Hall–Kier alpha value is -2.06.